The van der Waals surface area contributed by atoms with Crippen molar-refractivity contribution in [3.05, 3.63) is 34.2 Å². The first-order chi connectivity index (χ1) is 8.20. The molecule has 90 valence electrons. The summed E-state index contributed by atoms with van der Waals surface area (Å²) in [5.74, 6) is -0.708. The fourth-order valence-electron chi connectivity index (χ4n) is 2.30. The molecule has 4 heteroatoms. The predicted molar refractivity (Wildman–Crippen MR) is 67.2 cm³/mol. The molecule has 1 saturated carbocycles. The van der Waals surface area contributed by atoms with E-state index in [1.807, 2.05) is 13.0 Å². The van der Waals surface area contributed by atoms with Gasteiger partial charge in [-0.2, -0.15) is 0 Å². The standard InChI is InChI=1S/C13H16N2O2/c1-9-8-10(13(16)15-17)6-7-12(9)14-11-4-2-3-5-11/h6-8,11,14H,2-5H2,1H3. The molecule has 0 saturated heterocycles. The van der Waals surface area contributed by atoms with Gasteiger partial charge in [0.15, 0.2) is 0 Å². The zero-order valence-electron chi connectivity index (χ0n) is 9.90. The van der Waals surface area contributed by atoms with E-state index in [4.69, 9.17) is 0 Å². The van der Waals surface area contributed by atoms with Gasteiger partial charge in [0.25, 0.3) is 0 Å². The maximum atomic E-state index is 11.1. The first kappa shape index (κ1) is 11.8. The molecule has 0 heterocycles. The van der Waals surface area contributed by atoms with Crippen LogP contribution in [0.1, 0.15) is 41.6 Å². The molecule has 0 aliphatic heterocycles. The molecule has 1 aromatic rings. The Hall–Kier alpha value is -1.71. The minimum Gasteiger partial charge on any atom is -0.382 e. The van der Waals surface area contributed by atoms with Crippen molar-refractivity contribution in [2.75, 3.05) is 5.32 Å². The van der Waals surface area contributed by atoms with Crippen molar-refractivity contribution in [1.82, 2.24) is 0 Å². The average molecular weight is 232 g/mol. The molecule has 0 spiro atoms. The molecular formula is C13H16N2O2. The van der Waals surface area contributed by atoms with Gasteiger partial charge in [-0.1, -0.05) is 12.8 Å². The number of hydrogen-bond acceptors (Lipinski definition) is 3. The summed E-state index contributed by atoms with van der Waals surface area (Å²) in [5.41, 5.74) is 2.38. The molecule has 0 radical (unpaired) electrons. The highest BCUT2D eigenvalue weighted by Gasteiger charge is 2.15. The van der Waals surface area contributed by atoms with Crippen LogP contribution < -0.4 is 5.32 Å². The third-order valence-corrected chi connectivity index (χ3v) is 3.27. The summed E-state index contributed by atoms with van der Waals surface area (Å²) in [7, 11) is 0. The van der Waals surface area contributed by atoms with Gasteiger partial charge in [-0.25, -0.2) is 0 Å². The van der Waals surface area contributed by atoms with Crippen molar-refractivity contribution < 1.29 is 4.79 Å². The SMILES string of the molecule is Cc1cc(C(=O)N=O)ccc1NC1CCCC1. The predicted octanol–water partition coefficient (Wildman–Crippen LogP) is 3.26. The lowest BCUT2D eigenvalue weighted by Gasteiger charge is -2.15. The van der Waals surface area contributed by atoms with Crippen LogP contribution in [-0.2, 0) is 0 Å². The lowest BCUT2D eigenvalue weighted by Crippen LogP contribution is -2.15. The van der Waals surface area contributed by atoms with E-state index in [0.29, 0.717) is 11.6 Å². The monoisotopic (exact) mass is 232 g/mol. The van der Waals surface area contributed by atoms with Gasteiger partial charge in [-0.15, -0.1) is 4.91 Å². The lowest BCUT2D eigenvalue weighted by molar-refractivity contribution is 0.100. The van der Waals surface area contributed by atoms with Crippen molar-refractivity contribution in [2.24, 2.45) is 5.18 Å². The Morgan fingerprint density at radius 3 is 2.65 bits per heavy atom. The second-order valence-corrected chi connectivity index (χ2v) is 4.55. The molecular weight excluding hydrogens is 216 g/mol. The molecule has 1 N–H and O–H groups in total. The van der Waals surface area contributed by atoms with Gasteiger partial charge in [0, 0.05) is 22.5 Å². The topological polar surface area (TPSA) is 58.5 Å². The summed E-state index contributed by atoms with van der Waals surface area (Å²) in [5, 5.41) is 5.90. The van der Waals surface area contributed by atoms with Crippen LogP contribution in [0, 0.1) is 11.8 Å². The Morgan fingerprint density at radius 2 is 2.06 bits per heavy atom. The molecule has 2 rings (SSSR count). The van der Waals surface area contributed by atoms with E-state index in [1.54, 1.807) is 12.1 Å². The summed E-state index contributed by atoms with van der Waals surface area (Å²) in [4.78, 5) is 21.3. The van der Waals surface area contributed by atoms with Crippen LogP contribution in [0.5, 0.6) is 0 Å². The van der Waals surface area contributed by atoms with E-state index < -0.39 is 5.91 Å². The maximum Gasteiger partial charge on any atom is 0.316 e. The first-order valence-electron chi connectivity index (χ1n) is 5.95. The van der Waals surface area contributed by atoms with Gasteiger partial charge in [-0.3, -0.25) is 4.79 Å². The minimum absolute atomic E-state index is 0.356. The molecule has 1 aliphatic rings. The Balaban J connectivity index is 2.13. The summed E-state index contributed by atoms with van der Waals surface area (Å²) in [6.07, 6.45) is 4.97. The number of amides is 1. The molecule has 0 unspecified atom stereocenters. The molecule has 1 aromatic carbocycles. The summed E-state index contributed by atoms with van der Waals surface area (Å²) < 4.78 is 0. The van der Waals surface area contributed by atoms with Crippen LogP contribution in [0.2, 0.25) is 0 Å². The third kappa shape index (κ3) is 2.70. The molecule has 0 aromatic heterocycles. The first-order valence-corrected chi connectivity index (χ1v) is 5.95. The largest absolute Gasteiger partial charge is 0.382 e. The molecule has 0 atom stereocenters. The van der Waals surface area contributed by atoms with Gasteiger partial charge in [0.1, 0.15) is 0 Å². The van der Waals surface area contributed by atoms with Gasteiger partial charge < -0.3 is 5.32 Å². The van der Waals surface area contributed by atoms with Gasteiger partial charge in [0.05, 0.1) is 0 Å². The number of anilines is 1. The van der Waals surface area contributed by atoms with Crippen LogP contribution in [0.3, 0.4) is 0 Å². The highest BCUT2D eigenvalue weighted by atomic mass is 16.3. The fraction of sp³-hybridized carbons (Fsp3) is 0.462. The van der Waals surface area contributed by atoms with Crippen LogP contribution in [0.15, 0.2) is 23.4 Å². The number of benzene rings is 1. The number of hydrogen-bond donors (Lipinski definition) is 1. The molecule has 1 amide bonds. The van der Waals surface area contributed by atoms with Gasteiger partial charge in [-0.05, 0) is 43.5 Å². The Kier molecular flexibility index (Phi) is 3.52. The normalized spacial score (nSPS) is 15.8. The summed E-state index contributed by atoms with van der Waals surface area (Å²) in [6, 6.07) is 5.75. The fourth-order valence-corrected chi connectivity index (χ4v) is 2.30. The van der Waals surface area contributed by atoms with Crippen molar-refractivity contribution in [3.8, 4) is 0 Å². The number of carbonyl (C=O) groups excluding carboxylic acids is 1. The number of rotatable bonds is 3. The van der Waals surface area contributed by atoms with E-state index in [9.17, 15) is 9.70 Å². The van der Waals surface area contributed by atoms with E-state index in [-0.39, 0.29) is 0 Å². The van der Waals surface area contributed by atoms with Gasteiger partial charge in [0.2, 0.25) is 0 Å². The van der Waals surface area contributed by atoms with E-state index in [0.717, 1.165) is 11.3 Å². The van der Waals surface area contributed by atoms with E-state index >= 15 is 0 Å². The minimum atomic E-state index is -0.708. The van der Waals surface area contributed by atoms with Crippen LogP contribution in [0.25, 0.3) is 0 Å². The molecule has 1 aliphatic carbocycles. The number of nitrogens with zero attached hydrogens (tertiary/aromatic N) is 1. The zero-order chi connectivity index (χ0) is 12.3. The maximum absolute atomic E-state index is 11.1. The highest BCUT2D eigenvalue weighted by molar-refractivity contribution is 5.95. The zero-order valence-corrected chi connectivity index (χ0v) is 9.90. The Morgan fingerprint density at radius 1 is 1.35 bits per heavy atom. The molecule has 4 nitrogen and oxygen atoms in total. The summed E-state index contributed by atoms with van der Waals surface area (Å²) >= 11 is 0. The number of nitrogens with one attached hydrogen (secondary N) is 1. The van der Waals surface area contributed by atoms with E-state index in [2.05, 4.69) is 10.5 Å². The number of nitroso groups, excluding NO2 is 1. The second kappa shape index (κ2) is 5.08. The molecule has 1 fully saturated rings. The van der Waals surface area contributed by atoms with Crippen LogP contribution in [0.4, 0.5) is 5.69 Å². The van der Waals surface area contributed by atoms with Gasteiger partial charge >= 0.3 is 5.91 Å². The lowest BCUT2D eigenvalue weighted by atomic mass is 10.1. The Bertz CT molecular complexity index is 437. The molecule has 17 heavy (non-hydrogen) atoms. The number of carbonyl (C=O) groups is 1. The smallest absolute Gasteiger partial charge is 0.316 e. The third-order valence-electron chi connectivity index (χ3n) is 3.27. The van der Waals surface area contributed by atoms with Crippen molar-refractivity contribution in [2.45, 2.75) is 38.6 Å². The quantitative estimate of drug-likeness (QED) is 0.814. The Labute approximate surface area is 100 Å². The molecule has 0 bridgehead atoms. The van der Waals surface area contributed by atoms with Crippen LogP contribution >= 0.6 is 0 Å². The second-order valence-electron chi connectivity index (χ2n) is 4.55. The van der Waals surface area contributed by atoms with E-state index in [1.165, 1.54) is 25.7 Å². The van der Waals surface area contributed by atoms with Crippen LogP contribution in [-0.4, -0.2) is 11.9 Å². The number of aryl methyl sites for hydroxylation is 1. The average Bonchev–Trinajstić information content (AvgIpc) is 2.83. The van der Waals surface area contributed by atoms with Crippen molar-refractivity contribution >= 4 is 11.6 Å². The highest BCUT2D eigenvalue weighted by Crippen LogP contribution is 2.24. The summed E-state index contributed by atoms with van der Waals surface area (Å²) in [6.45, 7) is 1.93. The van der Waals surface area contributed by atoms with Crippen molar-refractivity contribution in [1.29, 1.82) is 0 Å². The van der Waals surface area contributed by atoms with Crippen molar-refractivity contribution in [3.63, 3.8) is 0 Å².